The van der Waals surface area contributed by atoms with Gasteiger partial charge in [0, 0.05) is 12.1 Å². The van der Waals surface area contributed by atoms with Gasteiger partial charge in [-0.1, -0.05) is 36.8 Å². The maximum Gasteiger partial charge on any atom is 0.131 e. The van der Waals surface area contributed by atoms with Crippen LogP contribution >= 0.6 is 0 Å². The first kappa shape index (κ1) is 13.8. The van der Waals surface area contributed by atoms with Gasteiger partial charge < -0.3 is 5.32 Å². The van der Waals surface area contributed by atoms with Crippen molar-refractivity contribution in [2.24, 2.45) is 0 Å². The van der Waals surface area contributed by atoms with Gasteiger partial charge in [0.05, 0.1) is 0 Å². The molecule has 1 N–H and O–H groups in total. The molecule has 2 heteroatoms. The first-order valence-electron chi connectivity index (χ1n) is 6.77. The van der Waals surface area contributed by atoms with Crippen LogP contribution in [0.2, 0.25) is 0 Å². The number of nitrogens with one attached hydrogen (secondary N) is 1. The quantitative estimate of drug-likeness (QED) is 0.787. The highest BCUT2D eigenvalue weighted by atomic mass is 19.1. The van der Waals surface area contributed by atoms with Crippen molar-refractivity contribution in [3.05, 3.63) is 59.4 Å². The van der Waals surface area contributed by atoms with E-state index in [9.17, 15) is 4.39 Å². The zero-order chi connectivity index (χ0) is 13.7. The Hall–Kier alpha value is -1.67. The average molecular weight is 257 g/mol. The zero-order valence-electron chi connectivity index (χ0n) is 11.5. The Labute approximate surface area is 114 Å². The van der Waals surface area contributed by atoms with Gasteiger partial charge in [-0.2, -0.15) is 0 Å². The maximum atomic E-state index is 13.9. The molecule has 19 heavy (non-hydrogen) atoms. The highest BCUT2D eigenvalue weighted by Crippen LogP contribution is 2.24. The van der Waals surface area contributed by atoms with Crippen LogP contribution in [0.3, 0.4) is 0 Å². The zero-order valence-corrected chi connectivity index (χ0v) is 11.5. The van der Waals surface area contributed by atoms with Crippen molar-refractivity contribution in [3.63, 3.8) is 0 Å². The number of hydrogen-bond donors (Lipinski definition) is 1. The molecule has 2 aromatic carbocycles. The van der Waals surface area contributed by atoms with Crippen LogP contribution in [0.25, 0.3) is 11.1 Å². The Morgan fingerprint density at radius 1 is 1.11 bits per heavy atom. The number of aryl methyl sites for hydroxylation is 1. The minimum Gasteiger partial charge on any atom is -0.313 e. The first-order valence-corrected chi connectivity index (χ1v) is 6.77. The van der Waals surface area contributed by atoms with E-state index in [1.807, 2.05) is 25.1 Å². The van der Waals surface area contributed by atoms with Gasteiger partial charge in [-0.05, 0) is 49.2 Å². The van der Waals surface area contributed by atoms with Crippen LogP contribution in [-0.4, -0.2) is 6.54 Å². The fourth-order valence-electron chi connectivity index (χ4n) is 2.12. The van der Waals surface area contributed by atoms with Crippen LogP contribution < -0.4 is 5.32 Å². The van der Waals surface area contributed by atoms with E-state index in [1.165, 1.54) is 11.6 Å². The van der Waals surface area contributed by atoms with Crippen molar-refractivity contribution < 1.29 is 4.39 Å². The molecule has 0 aliphatic heterocycles. The van der Waals surface area contributed by atoms with Gasteiger partial charge in [-0.25, -0.2) is 4.39 Å². The van der Waals surface area contributed by atoms with E-state index in [0.717, 1.165) is 30.6 Å². The van der Waals surface area contributed by atoms with Crippen molar-refractivity contribution in [2.75, 3.05) is 6.54 Å². The summed E-state index contributed by atoms with van der Waals surface area (Å²) in [5, 5.41) is 3.36. The summed E-state index contributed by atoms with van der Waals surface area (Å²) >= 11 is 0. The predicted molar refractivity (Wildman–Crippen MR) is 78.6 cm³/mol. The van der Waals surface area contributed by atoms with E-state index in [1.54, 1.807) is 6.07 Å². The molecule has 0 saturated heterocycles. The molecule has 0 saturated carbocycles. The largest absolute Gasteiger partial charge is 0.313 e. The van der Waals surface area contributed by atoms with Crippen molar-refractivity contribution >= 4 is 0 Å². The van der Waals surface area contributed by atoms with Crippen LogP contribution in [0.15, 0.2) is 42.5 Å². The summed E-state index contributed by atoms with van der Waals surface area (Å²) in [5.41, 5.74) is 3.88. The molecule has 0 unspecified atom stereocenters. The molecule has 0 radical (unpaired) electrons. The Morgan fingerprint density at radius 2 is 1.95 bits per heavy atom. The molecule has 0 atom stereocenters. The van der Waals surface area contributed by atoms with E-state index in [-0.39, 0.29) is 5.82 Å². The molecule has 100 valence electrons. The second-order valence-corrected chi connectivity index (χ2v) is 4.86. The lowest BCUT2D eigenvalue weighted by Crippen LogP contribution is -2.13. The molecule has 1 nitrogen and oxygen atoms in total. The van der Waals surface area contributed by atoms with E-state index < -0.39 is 0 Å². The summed E-state index contributed by atoms with van der Waals surface area (Å²) < 4.78 is 13.9. The van der Waals surface area contributed by atoms with Crippen LogP contribution in [0, 0.1) is 12.7 Å². The molecule has 2 aromatic rings. The number of halogens is 1. The highest BCUT2D eigenvalue weighted by Gasteiger charge is 2.05. The fourth-order valence-corrected chi connectivity index (χ4v) is 2.12. The van der Waals surface area contributed by atoms with E-state index in [0.29, 0.717) is 5.56 Å². The van der Waals surface area contributed by atoms with Crippen LogP contribution in [-0.2, 0) is 6.54 Å². The minimum atomic E-state index is -0.163. The second-order valence-electron chi connectivity index (χ2n) is 4.86. The van der Waals surface area contributed by atoms with Gasteiger partial charge in [0.25, 0.3) is 0 Å². The van der Waals surface area contributed by atoms with Crippen molar-refractivity contribution in [2.45, 2.75) is 26.8 Å². The third-order valence-electron chi connectivity index (χ3n) is 3.12. The Kier molecular flexibility index (Phi) is 4.69. The summed E-state index contributed by atoms with van der Waals surface area (Å²) in [5.74, 6) is -0.163. The highest BCUT2D eigenvalue weighted by molar-refractivity contribution is 5.65. The number of hydrogen-bond acceptors (Lipinski definition) is 1. The number of rotatable bonds is 5. The Morgan fingerprint density at radius 3 is 2.74 bits per heavy atom. The van der Waals surface area contributed by atoms with Gasteiger partial charge in [-0.15, -0.1) is 0 Å². The molecule has 0 bridgehead atoms. The smallest absolute Gasteiger partial charge is 0.131 e. The van der Waals surface area contributed by atoms with Gasteiger partial charge >= 0.3 is 0 Å². The molecule has 0 heterocycles. The monoisotopic (exact) mass is 257 g/mol. The second kappa shape index (κ2) is 6.48. The van der Waals surface area contributed by atoms with E-state index >= 15 is 0 Å². The molecule has 0 spiro atoms. The standard InChI is InChI=1S/C17H20FN/c1-3-9-19-12-14-5-4-6-15(11-14)16-10-13(2)7-8-17(16)18/h4-8,10-11,19H,3,9,12H2,1-2H3. The Bertz CT molecular complexity index is 549. The first-order chi connectivity index (χ1) is 9.20. The number of benzene rings is 2. The summed E-state index contributed by atoms with van der Waals surface area (Å²) in [4.78, 5) is 0. The topological polar surface area (TPSA) is 12.0 Å². The normalized spacial score (nSPS) is 10.7. The maximum absolute atomic E-state index is 13.9. The fraction of sp³-hybridized carbons (Fsp3) is 0.294. The van der Waals surface area contributed by atoms with E-state index in [4.69, 9.17) is 0 Å². The predicted octanol–water partition coefficient (Wildman–Crippen LogP) is 4.30. The molecule has 2 rings (SSSR count). The molecule has 0 aromatic heterocycles. The Balaban J connectivity index is 2.24. The third kappa shape index (κ3) is 3.65. The van der Waals surface area contributed by atoms with Crippen molar-refractivity contribution in [3.8, 4) is 11.1 Å². The van der Waals surface area contributed by atoms with Gasteiger partial charge in [-0.3, -0.25) is 0 Å². The minimum absolute atomic E-state index is 0.163. The summed E-state index contributed by atoms with van der Waals surface area (Å²) in [6, 6.07) is 13.3. The van der Waals surface area contributed by atoms with Crippen molar-refractivity contribution in [1.29, 1.82) is 0 Å². The lowest BCUT2D eigenvalue weighted by Gasteiger charge is -2.08. The third-order valence-corrected chi connectivity index (χ3v) is 3.12. The average Bonchev–Trinajstić information content (AvgIpc) is 2.42. The van der Waals surface area contributed by atoms with Crippen molar-refractivity contribution in [1.82, 2.24) is 5.32 Å². The molecular formula is C17H20FN. The molecule has 0 aliphatic carbocycles. The molecule has 0 fully saturated rings. The van der Waals surface area contributed by atoms with Crippen LogP contribution in [0.5, 0.6) is 0 Å². The summed E-state index contributed by atoms with van der Waals surface area (Å²) in [7, 11) is 0. The molecule has 0 aliphatic rings. The molecular weight excluding hydrogens is 237 g/mol. The van der Waals surface area contributed by atoms with E-state index in [2.05, 4.69) is 24.4 Å². The SMILES string of the molecule is CCCNCc1cccc(-c2cc(C)ccc2F)c1. The summed E-state index contributed by atoms with van der Waals surface area (Å²) in [6.45, 7) is 5.96. The van der Waals surface area contributed by atoms with Gasteiger partial charge in [0.2, 0.25) is 0 Å². The lowest BCUT2D eigenvalue weighted by atomic mass is 10.0. The summed E-state index contributed by atoms with van der Waals surface area (Å²) in [6.07, 6.45) is 1.12. The van der Waals surface area contributed by atoms with Gasteiger partial charge in [0.15, 0.2) is 0 Å². The van der Waals surface area contributed by atoms with Gasteiger partial charge in [0.1, 0.15) is 5.82 Å². The van der Waals surface area contributed by atoms with Crippen LogP contribution in [0.1, 0.15) is 24.5 Å². The van der Waals surface area contributed by atoms with Crippen LogP contribution in [0.4, 0.5) is 4.39 Å². The molecule has 0 amide bonds. The lowest BCUT2D eigenvalue weighted by molar-refractivity contribution is 0.631.